The third-order valence-corrected chi connectivity index (χ3v) is 6.18. The van der Waals surface area contributed by atoms with Crippen LogP contribution in [0.1, 0.15) is 24.5 Å². The molecule has 2 bridgehead atoms. The molecular weight excluding hydrogens is 498 g/mol. The van der Waals surface area contributed by atoms with Gasteiger partial charge in [-0.25, -0.2) is 9.38 Å². The smallest absolute Gasteiger partial charge is 0.233 e. The molecule has 1 aromatic rings. The fraction of sp³-hybridized carbons (Fsp3) is 0.500. The minimum atomic E-state index is -0.226. The summed E-state index contributed by atoms with van der Waals surface area (Å²) in [6.45, 7) is 5.58. The summed E-state index contributed by atoms with van der Waals surface area (Å²) in [5.74, 6) is 0.494. The molecule has 4 rings (SSSR count). The lowest BCUT2D eigenvalue weighted by molar-refractivity contribution is -0.140. The van der Waals surface area contributed by atoms with Crippen molar-refractivity contribution in [3.63, 3.8) is 0 Å². The molecule has 4 unspecified atom stereocenters. The molecule has 4 atom stereocenters. The molecule has 162 valence electrons. The van der Waals surface area contributed by atoms with Crippen LogP contribution in [0.2, 0.25) is 0 Å². The second-order valence-electron chi connectivity index (χ2n) is 8.03. The van der Waals surface area contributed by atoms with Gasteiger partial charge in [0, 0.05) is 19.6 Å². The Hall–Kier alpha value is -1.97. The van der Waals surface area contributed by atoms with Crippen molar-refractivity contribution < 1.29 is 14.0 Å². The number of allylic oxidation sites excluding steroid dienone is 2. The van der Waals surface area contributed by atoms with Gasteiger partial charge in [-0.15, -0.1) is 24.0 Å². The van der Waals surface area contributed by atoms with E-state index in [-0.39, 0.29) is 65.3 Å². The van der Waals surface area contributed by atoms with E-state index in [1.807, 2.05) is 6.92 Å². The average Bonchev–Trinajstić information content (AvgIpc) is 3.38. The second kappa shape index (κ2) is 9.45. The van der Waals surface area contributed by atoms with Crippen molar-refractivity contribution in [2.45, 2.75) is 26.8 Å². The Labute approximate surface area is 193 Å². The third kappa shape index (κ3) is 4.24. The fourth-order valence-electron chi connectivity index (χ4n) is 4.79. The molecule has 1 aromatic carbocycles. The Kier molecular flexibility index (Phi) is 7.15. The quantitative estimate of drug-likeness (QED) is 0.197. The molecule has 1 saturated carbocycles. The first-order valence-corrected chi connectivity index (χ1v) is 10.3. The lowest BCUT2D eigenvalue weighted by Crippen LogP contribution is -2.43. The number of aryl methyl sites for hydroxylation is 1. The maximum atomic E-state index is 13.4. The van der Waals surface area contributed by atoms with Crippen LogP contribution in [0, 0.1) is 36.4 Å². The number of nitrogens with zero attached hydrogens (tertiary/aromatic N) is 2. The summed E-state index contributed by atoms with van der Waals surface area (Å²) in [5, 5.41) is 6.35. The number of amides is 2. The summed E-state index contributed by atoms with van der Waals surface area (Å²) in [6, 6.07) is 4.95. The number of rotatable bonds is 6. The zero-order valence-corrected chi connectivity index (χ0v) is 19.6. The lowest BCUT2D eigenvalue weighted by atomic mass is 9.85. The summed E-state index contributed by atoms with van der Waals surface area (Å²) >= 11 is 0. The Morgan fingerprint density at radius 2 is 1.83 bits per heavy atom. The Balaban J connectivity index is 0.00000256. The van der Waals surface area contributed by atoms with Crippen LogP contribution in [0.3, 0.4) is 0 Å². The van der Waals surface area contributed by atoms with Crippen LogP contribution in [0.25, 0.3) is 0 Å². The molecule has 2 fully saturated rings. The highest BCUT2D eigenvalue weighted by atomic mass is 127. The van der Waals surface area contributed by atoms with E-state index in [9.17, 15) is 14.0 Å². The maximum absolute atomic E-state index is 13.4. The zero-order chi connectivity index (χ0) is 20.5. The number of nitrogens with one attached hydrogen (secondary N) is 2. The van der Waals surface area contributed by atoms with E-state index in [1.165, 1.54) is 11.0 Å². The van der Waals surface area contributed by atoms with Gasteiger partial charge in [0.15, 0.2) is 5.96 Å². The monoisotopic (exact) mass is 526 g/mol. The van der Waals surface area contributed by atoms with Crippen molar-refractivity contribution >= 4 is 41.8 Å². The van der Waals surface area contributed by atoms with Gasteiger partial charge in [-0.2, -0.15) is 0 Å². The van der Waals surface area contributed by atoms with Gasteiger partial charge in [-0.05, 0) is 49.3 Å². The number of hydrogen-bond donors (Lipinski definition) is 2. The minimum absolute atomic E-state index is 0. The number of imide groups is 1. The van der Waals surface area contributed by atoms with E-state index in [2.05, 4.69) is 27.8 Å². The van der Waals surface area contributed by atoms with Crippen LogP contribution in [0.4, 0.5) is 4.39 Å². The van der Waals surface area contributed by atoms with Crippen LogP contribution < -0.4 is 10.6 Å². The van der Waals surface area contributed by atoms with Crippen molar-refractivity contribution in [1.82, 2.24) is 15.5 Å². The van der Waals surface area contributed by atoms with E-state index in [1.54, 1.807) is 19.1 Å². The predicted molar refractivity (Wildman–Crippen MR) is 124 cm³/mol. The highest BCUT2D eigenvalue weighted by Gasteiger charge is 2.58. The zero-order valence-electron chi connectivity index (χ0n) is 17.2. The summed E-state index contributed by atoms with van der Waals surface area (Å²) in [7, 11) is 0. The molecule has 2 N–H and O–H groups in total. The number of carbonyl (C=O) groups is 2. The fourth-order valence-corrected chi connectivity index (χ4v) is 4.79. The largest absolute Gasteiger partial charge is 0.357 e. The minimum Gasteiger partial charge on any atom is -0.357 e. The third-order valence-electron chi connectivity index (χ3n) is 6.18. The molecule has 3 aliphatic rings. The van der Waals surface area contributed by atoms with E-state index >= 15 is 0 Å². The molecule has 8 heteroatoms. The van der Waals surface area contributed by atoms with Crippen LogP contribution in [-0.2, 0) is 16.1 Å². The first-order valence-electron chi connectivity index (χ1n) is 10.3. The van der Waals surface area contributed by atoms with Crippen molar-refractivity contribution in [3.8, 4) is 0 Å². The molecule has 0 radical (unpaired) electrons. The molecule has 1 heterocycles. The van der Waals surface area contributed by atoms with Crippen molar-refractivity contribution in [2.24, 2.45) is 28.7 Å². The molecule has 0 aromatic heterocycles. The normalized spacial score (nSPS) is 26.8. The van der Waals surface area contributed by atoms with Gasteiger partial charge in [-0.3, -0.25) is 14.5 Å². The van der Waals surface area contributed by atoms with Crippen LogP contribution in [0.15, 0.2) is 35.3 Å². The van der Waals surface area contributed by atoms with Gasteiger partial charge >= 0.3 is 0 Å². The summed E-state index contributed by atoms with van der Waals surface area (Å²) in [4.78, 5) is 31.4. The number of guanidine groups is 1. The van der Waals surface area contributed by atoms with Gasteiger partial charge in [0.2, 0.25) is 11.8 Å². The highest BCUT2D eigenvalue weighted by molar-refractivity contribution is 14.0. The summed E-state index contributed by atoms with van der Waals surface area (Å²) in [6.07, 6.45) is 5.15. The van der Waals surface area contributed by atoms with E-state index in [4.69, 9.17) is 0 Å². The molecule has 2 amide bonds. The van der Waals surface area contributed by atoms with Gasteiger partial charge in [0.1, 0.15) is 5.82 Å². The van der Waals surface area contributed by atoms with Crippen LogP contribution in [0.5, 0.6) is 0 Å². The first kappa shape index (κ1) is 22.7. The Morgan fingerprint density at radius 3 is 2.43 bits per heavy atom. The SMILES string of the molecule is CCNC(=NCc1ccc(F)c(C)c1)NCCN1C(=O)C2C3C=CC(C3)C2C1=O.I. The standard InChI is InChI=1S/C22H27FN4O2.HI/c1-3-24-22(26-12-14-4-7-17(23)13(2)10-14)25-8-9-27-20(28)18-15-5-6-16(11-15)19(18)21(27)29;/h4-7,10,15-16,18-19H,3,8-9,11-12H2,1-2H3,(H2,24,25,26);1H. The number of halogens is 2. The van der Waals surface area contributed by atoms with Crippen LogP contribution in [-0.4, -0.2) is 42.3 Å². The average molecular weight is 526 g/mol. The second-order valence-corrected chi connectivity index (χ2v) is 8.03. The number of likely N-dealkylation sites (tertiary alicyclic amines) is 1. The lowest BCUT2D eigenvalue weighted by Gasteiger charge is -2.18. The van der Waals surface area contributed by atoms with Crippen molar-refractivity contribution in [2.75, 3.05) is 19.6 Å². The molecule has 1 aliphatic heterocycles. The maximum Gasteiger partial charge on any atom is 0.233 e. The van der Waals surface area contributed by atoms with Crippen molar-refractivity contribution in [1.29, 1.82) is 0 Å². The van der Waals surface area contributed by atoms with E-state index < -0.39 is 0 Å². The Morgan fingerprint density at radius 1 is 1.17 bits per heavy atom. The Bertz CT molecular complexity index is 858. The molecule has 0 spiro atoms. The molecule has 1 saturated heterocycles. The van der Waals surface area contributed by atoms with E-state index in [0.717, 1.165) is 12.0 Å². The summed E-state index contributed by atoms with van der Waals surface area (Å²) < 4.78 is 13.4. The summed E-state index contributed by atoms with van der Waals surface area (Å²) in [5.41, 5.74) is 1.51. The van der Waals surface area contributed by atoms with Gasteiger partial charge < -0.3 is 10.6 Å². The number of carbonyl (C=O) groups excluding carboxylic acids is 2. The first-order chi connectivity index (χ1) is 14.0. The molecule has 2 aliphatic carbocycles. The van der Waals surface area contributed by atoms with Crippen LogP contribution >= 0.6 is 24.0 Å². The number of fused-ring (bicyclic) bond motifs is 5. The van der Waals surface area contributed by atoms with Gasteiger partial charge in [-0.1, -0.05) is 24.3 Å². The van der Waals surface area contributed by atoms with Crippen molar-refractivity contribution in [3.05, 3.63) is 47.3 Å². The topological polar surface area (TPSA) is 73.8 Å². The molecule has 30 heavy (non-hydrogen) atoms. The number of aliphatic imine (C=N–C) groups is 1. The number of hydrogen-bond acceptors (Lipinski definition) is 3. The molecular formula is C22H28FIN4O2. The van der Waals surface area contributed by atoms with Gasteiger partial charge in [0.25, 0.3) is 0 Å². The highest BCUT2D eigenvalue weighted by Crippen LogP contribution is 2.52. The predicted octanol–water partition coefficient (Wildman–Crippen LogP) is 2.61. The van der Waals surface area contributed by atoms with E-state index in [0.29, 0.717) is 37.7 Å². The molecule has 6 nitrogen and oxygen atoms in total. The number of benzene rings is 1. The van der Waals surface area contributed by atoms with Gasteiger partial charge in [0.05, 0.1) is 18.4 Å².